The van der Waals surface area contributed by atoms with Gasteiger partial charge in [-0.2, -0.15) is 8.78 Å². The second kappa shape index (κ2) is 8.88. The van der Waals surface area contributed by atoms with Gasteiger partial charge in [-0.3, -0.25) is 0 Å². The molecule has 0 aliphatic carbocycles. The van der Waals surface area contributed by atoms with Gasteiger partial charge in [0.15, 0.2) is 0 Å². The van der Waals surface area contributed by atoms with Gasteiger partial charge in [0, 0.05) is 24.5 Å². The number of ether oxygens (including phenoxy) is 2. The van der Waals surface area contributed by atoms with Crippen LogP contribution in [0.1, 0.15) is 0 Å². The molecule has 0 spiro atoms. The minimum Gasteiger partial charge on any atom is -0.435 e. The second-order valence-corrected chi connectivity index (χ2v) is 6.15. The number of amides is 2. The summed E-state index contributed by atoms with van der Waals surface area (Å²) in [5.74, 6) is 0.0152. The highest BCUT2D eigenvalue weighted by Gasteiger charge is 2.15. The van der Waals surface area contributed by atoms with Gasteiger partial charge >= 0.3 is 12.6 Å². The fraction of sp³-hybridized carbons (Fsp3) is 0.278. The molecule has 0 aromatic heterocycles. The zero-order chi connectivity index (χ0) is 19.2. The minimum absolute atomic E-state index is 0.0152. The van der Waals surface area contributed by atoms with Crippen molar-refractivity contribution in [2.45, 2.75) is 6.61 Å². The SMILES string of the molecule is O=C(Nc1ccc(OC(F)F)cc1)Nc1ccc(N2CCOCC2)c(Cl)c1. The van der Waals surface area contributed by atoms with E-state index in [1.165, 1.54) is 24.3 Å². The number of morpholine rings is 1. The molecule has 0 unspecified atom stereocenters. The zero-order valence-corrected chi connectivity index (χ0v) is 15.0. The van der Waals surface area contributed by atoms with Crippen LogP contribution in [0.25, 0.3) is 0 Å². The van der Waals surface area contributed by atoms with Crippen molar-refractivity contribution in [2.75, 3.05) is 41.8 Å². The van der Waals surface area contributed by atoms with E-state index in [-0.39, 0.29) is 5.75 Å². The monoisotopic (exact) mass is 397 g/mol. The zero-order valence-electron chi connectivity index (χ0n) is 14.3. The molecule has 1 saturated heterocycles. The third-order valence-electron chi connectivity index (χ3n) is 3.89. The van der Waals surface area contributed by atoms with E-state index in [9.17, 15) is 13.6 Å². The smallest absolute Gasteiger partial charge is 0.387 e. The molecule has 2 amide bonds. The molecule has 144 valence electrons. The largest absolute Gasteiger partial charge is 0.435 e. The molecular weight excluding hydrogens is 380 g/mol. The molecule has 1 fully saturated rings. The minimum atomic E-state index is -2.89. The van der Waals surface area contributed by atoms with Gasteiger partial charge in [0.2, 0.25) is 0 Å². The van der Waals surface area contributed by atoms with Gasteiger partial charge in [0.1, 0.15) is 5.75 Å². The van der Waals surface area contributed by atoms with Gasteiger partial charge in [-0.25, -0.2) is 4.79 Å². The third-order valence-corrected chi connectivity index (χ3v) is 4.20. The Hall–Kier alpha value is -2.58. The molecule has 1 aliphatic heterocycles. The fourth-order valence-electron chi connectivity index (χ4n) is 2.66. The number of carbonyl (C=O) groups is 1. The number of halogens is 3. The highest BCUT2D eigenvalue weighted by molar-refractivity contribution is 6.33. The van der Waals surface area contributed by atoms with E-state index < -0.39 is 12.6 Å². The van der Waals surface area contributed by atoms with Gasteiger partial charge in [-0.1, -0.05) is 11.6 Å². The van der Waals surface area contributed by atoms with Crippen molar-refractivity contribution in [1.82, 2.24) is 0 Å². The lowest BCUT2D eigenvalue weighted by Gasteiger charge is -2.29. The van der Waals surface area contributed by atoms with Gasteiger partial charge in [0.05, 0.1) is 23.9 Å². The van der Waals surface area contributed by atoms with Crippen molar-refractivity contribution in [2.24, 2.45) is 0 Å². The Morgan fingerprint density at radius 1 is 1.07 bits per heavy atom. The highest BCUT2D eigenvalue weighted by Crippen LogP contribution is 2.29. The Morgan fingerprint density at radius 3 is 2.33 bits per heavy atom. The number of hydrogen-bond donors (Lipinski definition) is 2. The number of anilines is 3. The molecule has 0 radical (unpaired) electrons. The Balaban J connectivity index is 1.58. The quantitative estimate of drug-likeness (QED) is 0.783. The predicted molar refractivity (Wildman–Crippen MR) is 100 cm³/mol. The first kappa shape index (κ1) is 19.2. The summed E-state index contributed by atoms with van der Waals surface area (Å²) in [6, 6.07) is 10.4. The van der Waals surface area contributed by atoms with E-state index in [0.717, 1.165) is 18.8 Å². The van der Waals surface area contributed by atoms with E-state index in [1.54, 1.807) is 12.1 Å². The summed E-state index contributed by atoms with van der Waals surface area (Å²) in [7, 11) is 0. The van der Waals surface area contributed by atoms with Gasteiger partial charge in [0.25, 0.3) is 0 Å². The number of nitrogens with one attached hydrogen (secondary N) is 2. The summed E-state index contributed by atoms with van der Waals surface area (Å²) in [5, 5.41) is 5.82. The maximum Gasteiger partial charge on any atom is 0.387 e. The summed E-state index contributed by atoms with van der Waals surface area (Å²) in [4.78, 5) is 14.2. The van der Waals surface area contributed by atoms with E-state index in [1.807, 2.05) is 6.07 Å². The number of alkyl halides is 2. The first-order valence-corrected chi connectivity index (χ1v) is 8.64. The lowest BCUT2D eigenvalue weighted by atomic mass is 10.2. The van der Waals surface area contributed by atoms with Crippen molar-refractivity contribution >= 4 is 34.7 Å². The molecule has 2 aromatic rings. The van der Waals surface area contributed by atoms with Gasteiger partial charge < -0.3 is 25.0 Å². The summed E-state index contributed by atoms with van der Waals surface area (Å²) < 4.78 is 33.8. The molecule has 2 N–H and O–H groups in total. The van der Waals surface area contributed by atoms with E-state index >= 15 is 0 Å². The number of urea groups is 1. The van der Waals surface area contributed by atoms with Crippen LogP contribution >= 0.6 is 11.6 Å². The number of carbonyl (C=O) groups excluding carboxylic acids is 1. The molecule has 2 aromatic carbocycles. The molecule has 6 nitrogen and oxygen atoms in total. The third kappa shape index (κ3) is 5.45. The molecule has 3 rings (SSSR count). The van der Waals surface area contributed by atoms with Crippen LogP contribution in [-0.4, -0.2) is 38.9 Å². The van der Waals surface area contributed by atoms with Crippen LogP contribution < -0.4 is 20.3 Å². The summed E-state index contributed by atoms with van der Waals surface area (Å²) in [5.41, 5.74) is 1.86. The maximum absolute atomic E-state index is 12.1. The normalized spacial score (nSPS) is 14.1. The molecule has 0 atom stereocenters. The number of rotatable bonds is 5. The summed E-state index contributed by atoms with van der Waals surface area (Å²) in [6.45, 7) is -0.0618. The average Bonchev–Trinajstić information content (AvgIpc) is 2.64. The highest BCUT2D eigenvalue weighted by atomic mass is 35.5. The summed E-state index contributed by atoms with van der Waals surface area (Å²) >= 11 is 6.34. The van der Waals surface area contributed by atoms with Crippen LogP contribution in [-0.2, 0) is 4.74 Å². The lowest BCUT2D eigenvalue weighted by Crippen LogP contribution is -2.36. The van der Waals surface area contributed by atoms with E-state index in [2.05, 4.69) is 20.3 Å². The first-order valence-electron chi connectivity index (χ1n) is 8.26. The van der Waals surface area contributed by atoms with Crippen LogP contribution in [0.3, 0.4) is 0 Å². The predicted octanol–water partition coefficient (Wildman–Crippen LogP) is 4.42. The van der Waals surface area contributed by atoms with Crippen LogP contribution in [0.15, 0.2) is 42.5 Å². The Morgan fingerprint density at radius 2 is 1.70 bits per heavy atom. The van der Waals surface area contributed by atoms with Crippen molar-refractivity contribution in [3.63, 3.8) is 0 Å². The topological polar surface area (TPSA) is 62.8 Å². The van der Waals surface area contributed by atoms with Crippen LogP contribution in [0.2, 0.25) is 5.02 Å². The van der Waals surface area contributed by atoms with Crippen LogP contribution in [0.4, 0.5) is 30.6 Å². The fourth-order valence-corrected chi connectivity index (χ4v) is 2.96. The van der Waals surface area contributed by atoms with Gasteiger partial charge in [-0.05, 0) is 42.5 Å². The van der Waals surface area contributed by atoms with Crippen molar-refractivity contribution in [3.05, 3.63) is 47.5 Å². The van der Waals surface area contributed by atoms with E-state index in [0.29, 0.717) is 29.6 Å². The van der Waals surface area contributed by atoms with Gasteiger partial charge in [-0.15, -0.1) is 0 Å². The van der Waals surface area contributed by atoms with E-state index in [4.69, 9.17) is 16.3 Å². The molecule has 9 heteroatoms. The first-order chi connectivity index (χ1) is 13.0. The summed E-state index contributed by atoms with van der Waals surface area (Å²) in [6.07, 6.45) is 0. The van der Waals surface area contributed by atoms with Crippen molar-refractivity contribution < 1.29 is 23.0 Å². The standard InChI is InChI=1S/C18H18ClF2N3O3/c19-15-11-13(3-6-16(15)24-7-9-26-10-8-24)23-18(25)22-12-1-4-14(5-2-12)27-17(20)21/h1-6,11,17H,7-10H2,(H2,22,23,25). The molecule has 1 aliphatic rings. The van der Waals surface area contributed by atoms with Crippen molar-refractivity contribution in [3.8, 4) is 5.75 Å². The lowest BCUT2D eigenvalue weighted by molar-refractivity contribution is -0.0498. The molecule has 1 heterocycles. The number of hydrogen-bond acceptors (Lipinski definition) is 4. The maximum atomic E-state index is 12.1. The Labute approximate surface area is 160 Å². The molecule has 0 bridgehead atoms. The molecule has 0 saturated carbocycles. The molecule has 27 heavy (non-hydrogen) atoms. The Kier molecular flexibility index (Phi) is 6.31. The average molecular weight is 398 g/mol. The number of benzene rings is 2. The molecular formula is C18H18ClF2N3O3. The Bertz CT molecular complexity index is 784. The van der Waals surface area contributed by atoms with Crippen LogP contribution in [0, 0.1) is 0 Å². The second-order valence-electron chi connectivity index (χ2n) is 5.75. The van der Waals surface area contributed by atoms with Crippen LogP contribution in [0.5, 0.6) is 5.75 Å². The van der Waals surface area contributed by atoms with Crippen molar-refractivity contribution in [1.29, 1.82) is 0 Å². The number of nitrogens with zero attached hydrogens (tertiary/aromatic N) is 1.